The summed E-state index contributed by atoms with van der Waals surface area (Å²) in [5.41, 5.74) is 0. The summed E-state index contributed by atoms with van der Waals surface area (Å²) < 4.78 is 17.3. The molecule has 5 heteroatoms. The normalized spacial score (nSPS) is 13.0. The third kappa shape index (κ3) is 51.5. The number of esters is 2. The number of hydrogen-bond donors (Lipinski definition) is 0. The minimum absolute atomic E-state index is 0.0393. The first-order chi connectivity index (χ1) is 31.6. The van der Waals surface area contributed by atoms with Gasteiger partial charge in [0.1, 0.15) is 6.61 Å². The number of allylic oxidation sites excluding steroid dienone is 16. The fraction of sp³-hybridized carbons (Fsp3) is 0.695. The van der Waals surface area contributed by atoms with E-state index in [1.165, 1.54) is 116 Å². The largest absolute Gasteiger partial charge is 0.462 e. The fourth-order valence-electron chi connectivity index (χ4n) is 7.14. The van der Waals surface area contributed by atoms with Gasteiger partial charge in [-0.25, -0.2) is 0 Å². The van der Waals surface area contributed by atoms with Crippen LogP contribution in [-0.4, -0.2) is 37.9 Å². The van der Waals surface area contributed by atoms with Crippen molar-refractivity contribution in [3.8, 4) is 0 Å². The summed E-state index contributed by atoms with van der Waals surface area (Å²) in [6.07, 6.45) is 72.8. The second-order valence-electron chi connectivity index (χ2n) is 17.4. The van der Waals surface area contributed by atoms with Gasteiger partial charge in [-0.1, -0.05) is 227 Å². The predicted octanol–water partition coefficient (Wildman–Crippen LogP) is 18.2. The lowest BCUT2D eigenvalue weighted by Crippen LogP contribution is -2.30. The Morgan fingerprint density at radius 1 is 0.359 bits per heavy atom. The second kappa shape index (κ2) is 54.2. The van der Waals surface area contributed by atoms with E-state index < -0.39 is 6.10 Å². The lowest BCUT2D eigenvalue weighted by Gasteiger charge is -2.18. The van der Waals surface area contributed by atoms with Crippen LogP contribution < -0.4 is 0 Å². The van der Waals surface area contributed by atoms with Crippen LogP contribution in [0.15, 0.2) is 97.2 Å². The van der Waals surface area contributed by atoms with Crippen LogP contribution in [0, 0.1) is 0 Å². The molecule has 0 radical (unpaired) electrons. The molecule has 5 nitrogen and oxygen atoms in total. The van der Waals surface area contributed by atoms with Crippen molar-refractivity contribution in [3.05, 3.63) is 97.2 Å². The fourth-order valence-corrected chi connectivity index (χ4v) is 7.14. The molecular formula is C59H100O5. The van der Waals surface area contributed by atoms with Crippen LogP contribution in [0.4, 0.5) is 0 Å². The van der Waals surface area contributed by atoms with Gasteiger partial charge in [0.2, 0.25) is 0 Å². The van der Waals surface area contributed by atoms with E-state index >= 15 is 0 Å². The maximum atomic E-state index is 12.8. The Kier molecular flexibility index (Phi) is 51.5. The van der Waals surface area contributed by atoms with E-state index in [0.29, 0.717) is 19.4 Å². The van der Waals surface area contributed by atoms with E-state index in [4.69, 9.17) is 14.2 Å². The SMILES string of the molecule is CC/C=C\C/C=C\C/C=C\C/C=C\CCCCC(=O)OC[C@@H](COCCCCCCCCCCCCCCCCCC)OC(=O)CCC/C=C\C/C=C\C/C=C\C/C=C\CCCCC. The van der Waals surface area contributed by atoms with E-state index in [1.54, 1.807) is 0 Å². The van der Waals surface area contributed by atoms with Crippen LogP contribution in [0.1, 0.15) is 239 Å². The van der Waals surface area contributed by atoms with Gasteiger partial charge >= 0.3 is 11.9 Å². The molecule has 0 spiro atoms. The molecule has 1 atom stereocenters. The van der Waals surface area contributed by atoms with Crippen LogP contribution >= 0.6 is 0 Å². The summed E-state index contributed by atoms with van der Waals surface area (Å²) in [6, 6.07) is 0. The zero-order valence-corrected chi connectivity index (χ0v) is 42.0. The zero-order valence-electron chi connectivity index (χ0n) is 42.0. The van der Waals surface area contributed by atoms with Crippen LogP contribution in [0.2, 0.25) is 0 Å². The maximum absolute atomic E-state index is 12.8. The molecule has 0 heterocycles. The lowest BCUT2D eigenvalue weighted by molar-refractivity contribution is -0.162. The average molecular weight is 889 g/mol. The van der Waals surface area contributed by atoms with Gasteiger partial charge in [0.15, 0.2) is 6.10 Å². The van der Waals surface area contributed by atoms with Gasteiger partial charge in [-0.15, -0.1) is 0 Å². The molecule has 0 saturated heterocycles. The Morgan fingerprint density at radius 2 is 0.719 bits per heavy atom. The van der Waals surface area contributed by atoms with Crippen molar-refractivity contribution < 1.29 is 23.8 Å². The molecule has 0 aliphatic carbocycles. The highest BCUT2D eigenvalue weighted by Crippen LogP contribution is 2.14. The Bertz CT molecular complexity index is 1230. The van der Waals surface area contributed by atoms with Crippen molar-refractivity contribution in [3.63, 3.8) is 0 Å². The standard InChI is InChI=1S/C59H100O5/c1-4-7-10-13-16-19-22-25-28-30-32-35-38-41-44-47-50-53-59(61)64-57(55-62-54-51-48-45-42-39-36-33-29-26-23-20-17-14-11-8-5-2)56-63-58(60)52-49-46-43-40-37-34-31-27-24-21-18-15-12-9-6-3/h9,12,16,18-19,21,25,27-28,31-32,35,37,40-41,44,57H,4-8,10-11,13-15,17,20,22-24,26,29-30,33-34,36,38-39,42-43,45-56H2,1-3H3/b12-9-,19-16-,21-18-,28-25-,31-27-,35-32-,40-37-,44-41-/t57-/m1/s1. The van der Waals surface area contributed by atoms with Crippen LogP contribution in [0.25, 0.3) is 0 Å². The first kappa shape index (κ1) is 60.8. The number of ether oxygens (including phenoxy) is 3. The van der Waals surface area contributed by atoms with Gasteiger partial charge in [0.25, 0.3) is 0 Å². The Morgan fingerprint density at radius 3 is 1.17 bits per heavy atom. The molecule has 0 aromatic rings. The molecule has 0 amide bonds. The van der Waals surface area contributed by atoms with Crippen molar-refractivity contribution in [2.75, 3.05) is 19.8 Å². The summed E-state index contributed by atoms with van der Waals surface area (Å²) in [5.74, 6) is -0.509. The van der Waals surface area contributed by atoms with Crippen molar-refractivity contribution in [1.29, 1.82) is 0 Å². The zero-order chi connectivity index (χ0) is 46.3. The van der Waals surface area contributed by atoms with Gasteiger partial charge in [0, 0.05) is 19.4 Å². The molecule has 0 N–H and O–H groups in total. The first-order valence-electron chi connectivity index (χ1n) is 26.8. The van der Waals surface area contributed by atoms with Crippen molar-refractivity contribution in [1.82, 2.24) is 0 Å². The number of unbranched alkanes of at least 4 members (excludes halogenated alkanes) is 21. The molecule has 0 aromatic heterocycles. The minimum Gasteiger partial charge on any atom is -0.462 e. The molecule has 0 unspecified atom stereocenters. The first-order valence-corrected chi connectivity index (χ1v) is 26.8. The smallest absolute Gasteiger partial charge is 0.306 e. The van der Waals surface area contributed by atoms with Gasteiger partial charge in [-0.05, 0) is 96.3 Å². The average Bonchev–Trinajstić information content (AvgIpc) is 3.30. The third-order valence-corrected chi connectivity index (χ3v) is 11.1. The van der Waals surface area contributed by atoms with Gasteiger partial charge in [-0.3, -0.25) is 9.59 Å². The molecule has 0 rings (SSSR count). The summed E-state index contributed by atoms with van der Waals surface area (Å²) in [7, 11) is 0. The van der Waals surface area contributed by atoms with Crippen molar-refractivity contribution >= 4 is 11.9 Å². The molecular weight excluding hydrogens is 789 g/mol. The molecule has 64 heavy (non-hydrogen) atoms. The predicted molar refractivity (Wildman–Crippen MR) is 279 cm³/mol. The van der Waals surface area contributed by atoms with E-state index in [-0.39, 0.29) is 25.2 Å². The molecule has 0 aliphatic rings. The van der Waals surface area contributed by atoms with Crippen LogP contribution in [0.3, 0.4) is 0 Å². The monoisotopic (exact) mass is 889 g/mol. The molecule has 0 aromatic carbocycles. The Labute approximate surface area is 396 Å². The summed E-state index contributed by atoms with van der Waals surface area (Å²) in [5, 5.41) is 0. The summed E-state index contributed by atoms with van der Waals surface area (Å²) in [6.45, 7) is 7.60. The molecule has 0 fully saturated rings. The molecule has 0 saturated carbocycles. The van der Waals surface area contributed by atoms with Crippen molar-refractivity contribution in [2.45, 2.75) is 245 Å². The van der Waals surface area contributed by atoms with Crippen molar-refractivity contribution in [2.24, 2.45) is 0 Å². The minimum atomic E-state index is -0.585. The van der Waals surface area contributed by atoms with E-state index in [2.05, 4.69) is 118 Å². The van der Waals surface area contributed by atoms with E-state index in [9.17, 15) is 9.59 Å². The molecule has 0 aliphatic heterocycles. The second-order valence-corrected chi connectivity index (χ2v) is 17.4. The lowest BCUT2D eigenvalue weighted by atomic mass is 10.0. The molecule has 0 bridgehead atoms. The third-order valence-electron chi connectivity index (χ3n) is 11.1. The Hall–Kier alpha value is -3.18. The number of rotatable bonds is 48. The maximum Gasteiger partial charge on any atom is 0.306 e. The van der Waals surface area contributed by atoms with Crippen LogP contribution in [0.5, 0.6) is 0 Å². The van der Waals surface area contributed by atoms with Gasteiger partial charge < -0.3 is 14.2 Å². The Balaban J connectivity index is 4.43. The highest BCUT2D eigenvalue weighted by molar-refractivity contribution is 5.70. The van der Waals surface area contributed by atoms with E-state index in [0.717, 1.165) is 89.9 Å². The topological polar surface area (TPSA) is 61.8 Å². The molecule has 366 valence electrons. The van der Waals surface area contributed by atoms with Gasteiger partial charge in [-0.2, -0.15) is 0 Å². The summed E-state index contributed by atoms with van der Waals surface area (Å²) >= 11 is 0. The highest BCUT2D eigenvalue weighted by Gasteiger charge is 2.17. The highest BCUT2D eigenvalue weighted by atomic mass is 16.6. The van der Waals surface area contributed by atoms with Gasteiger partial charge in [0.05, 0.1) is 6.61 Å². The number of carbonyl (C=O) groups is 2. The quantitative estimate of drug-likeness (QED) is 0.0346. The van der Waals surface area contributed by atoms with E-state index in [1.807, 2.05) is 0 Å². The van der Waals surface area contributed by atoms with Crippen LogP contribution in [-0.2, 0) is 23.8 Å². The summed E-state index contributed by atoms with van der Waals surface area (Å²) in [4.78, 5) is 25.4. The number of hydrogen-bond acceptors (Lipinski definition) is 5. The number of carbonyl (C=O) groups excluding carboxylic acids is 2.